The number of benzene rings is 2. The van der Waals surface area contributed by atoms with Crippen molar-refractivity contribution in [1.82, 2.24) is 14.8 Å². The molecule has 1 heterocycles. The lowest BCUT2D eigenvalue weighted by molar-refractivity contribution is -0.113. The van der Waals surface area contributed by atoms with Crippen LogP contribution < -0.4 is 5.32 Å². The molecule has 5 nitrogen and oxygen atoms in total. The molecule has 3 rings (SSSR count). The molecule has 7 heteroatoms. The second kappa shape index (κ2) is 8.05. The normalized spacial score (nSPS) is 10.8. The fourth-order valence-corrected chi connectivity index (χ4v) is 3.92. The largest absolute Gasteiger partial charge is 0.324 e. The standard InChI is InChI=1S/C19H19BrN4OS/c1-12-5-7-17(14(3)8-12)24-11-21-23-19(24)26-10-18(25)22-16-6-4-13(2)9-15(16)20/h4-9,11H,10H2,1-3H3,(H,22,25). The van der Waals surface area contributed by atoms with Crippen molar-refractivity contribution in [3.05, 3.63) is 63.9 Å². The molecule has 0 spiro atoms. The maximum Gasteiger partial charge on any atom is 0.234 e. The monoisotopic (exact) mass is 430 g/mol. The van der Waals surface area contributed by atoms with E-state index in [1.807, 2.05) is 35.8 Å². The zero-order valence-corrected chi connectivity index (χ0v) is 17.2. The molecule has 1 N–H and O–H groups in total. The maximum atomic E-state index is 12.3. The quantitative estimate of drug-likeness (QED) is 0.596. The van der Waals surface area contributed by atoms with Crippen LogP contribution in [0.15, 0.2) is 52.4 Å². The number of carbonyl (C=O) groups excluding carboxylic acids is 1. The van der Waals surface area contributed by atoms with Crippen molar-refractivity contribution in [2.75, 3.05) is 11.1 Å². The molecule has 1 aromatic heterocycles. The minimum absolute atomic E-state index is 0.0882. The molecule has 134 valence electrons. The molecule has 1 amide bonds. The van der Waals surface area contributed by atoms with Crippen molar-refractivity contribution in [1.29, 1.82) is 0 Å². The van der Waals surface area contributed by atoms with Crippen LogP contribution in [-0.4, -0.2) is 26.4 Å². The third-order valence-electron chi connectivity index (χ3n) is 3.86. The van der Waals surface area contributed by atoms with E-state index in [4.69, 9.17) is 0 Å². The third kappa shape index (κ3) is 4.34. The van der Waals surface area contributed by atoms with Gasteiger partial charge < -0.3 is 5.32 Å². The predicted octanol–water partition coefficient (Wildman–Crippen LogP) is 4.69. The Balaban J connectivity index is 1.69. The lowest BCUT2D eigenvalue weighted by Crippen LogP contribution is -2.15. The van der Waals surface area contributed by atoms with E-state index in [2.05, 4.69) is 57.4 Å². The van der Waals surface area contributed by atoms with Gasteiger partial charge in [0.15, 0.2) is 5.16 Å². The SMILES string of the molecule is Cc1ccc(-n2cnnc2SCC(=O)Nc2ccc(C)cc2Br)c(C)c1. The van der Waals surface area contributed by atoms with E-state index >= 15 is 0 Å². The Morgan fingerprint density at radius 3 is 2.62 bits per heavy atom. The van der Waals surface area contributed by atoms with Crippen molar-refractivity contribution in [3.8, 4) is 5.69 Å². The summed E-state index contributed by atoms with van der Waals surface area (Å²) < 4.78 is 2.78. The lowest BCUT2D eigenvalue weighted by atomic mass is 10.1. The Bertz CT molecular complexity index is 954. The molecule has 0 fully saturated rings. The first-order valence-electron chi connectivity index (χ1n) is 8.10. The van der Waals surface area contributed by atoms with Gasteiger partial charge >= 0.3 is 0 Å². The highest BCUT2D eigenvalue weighted by atomic mass is 79.9. The molecule has 2 aromatic carbocycles. The zero-order chi connectivity index (χ0) is 18.7. The number of hydrogen-bond donors (Lipinski definition) is 1. The summed E-state index contributed by atoms with van der Waals surface area (Å²) in [4.78, 5) is 12.3. The van der Waals surface area contributed by atoms with Gasteiger partial charge in [0.05, 0.1) is 17.1 Å². The van der Waals surface area contributed by atoms with E-state index in [9.17, 15) is 4.79 Å². The van der Waals surface area contributed by atoms with Gasteiger partial charge in [-0.3, -0.25) is 9.36 Å². The van der Waals surface area contributed by atoms with Gasteiger partial charge in [-0.25, -0.2) is 0 Å². The Hall–Kier alpha value is -2.12. The Morgan fingerprint density at radius 2 is 1.88 bits per heavy atom. The molecule has 26 heavy (non-hydrogen) atoms. The van der Waals surface area contributed by atoms with Crippen molar-refractivity contribution in [2.24, 2.45) is 0 Å². The van der Waals surface area contributed by atoms with Gasteiger partial charge in [-0.1, -0.05) is 35.5 Å². The highest BCUT2D eigenvalue weighted by molar-refractivity contribution is 9.10. The first-order valence-corrected chi connectivity index (χ1v) is 9.88. The average Bonchev–Trinajstić information content (AvgIpc) is 3.04. The summed E-state index contributed by atoms with van der Waals surface area (Å²) in [6.45, 7) is 6.12. The molecular weight excluding hydrogens is 412 g/mol. The average molecular weight is 431 g/mol. The number of carbonyl (C=O) groups is 1. The zero-order valence-electron chi connectivity index (χ0n) is 14.8. The smallest absolute Gasteiger partial charge is 0.234 e. The highest BCUT2D eigenvalue weighted by Crippen LogP contribution is 2.25. The van der Waals surface area contributed by atoms with Crippen molar-refractivity contribution < 1.29 is 4.79 Å². The Labute approximate surface area is 165 Å². The van der Waals surface area contributed by atoms with Crippen LogP contribution in [0.5, 0.6) is 0 Å². The van der Waals surface area contributed by atoms with Crippen LogP contribution in [0.3, 0.4) is 0 Å². The summed E-state index contributed by atoms with van der Waals surface area (Å²) in [5, 5.41) is 11.8. The maximum absolute atomic E-state index is 12.3. The molecule has 0 saturated carbocycles. The summed E-state index contributed by atoms with van der Waals surface area (Å²) in [6, 6.07) is 12.0. The van der Waals surface area contributed by atoms with Gasteiger partial charge in [0.25, 0.3) is 0 Å². The molecular formula is C19H19BrN4OS. The second-order valence-electron chi connectivity index (χ2n) is 6.09. The van der Waals surface area contributed by atoms with Gasteiger partial charge in [0.1, 0.15) is 6.33 Å². The van der Waals surface area contributed by atoms with E-state index in [-0.39, 0.29) is 11.7 Å². The van der Waals surface area contributed by atoms with Gasteiger partial charge in [-0.15, -0.1) is 10.2 Å². The van der Waals surface area contributed by atoms with E-state index < -0.39 is 0 Å². The lowest BCUT2D eigenvalue weighted by Gasteiger charge is -2.11. The van der Waals surface area contributed by atoms with Crippen LogP contribution in [0.4, 0.5) is 5.69 Å². The van der Waals surface area contributed by atoms with E-state index in [1.54, 1.807) is 6.33 Å². The topological polar surface area (TPSA) is 59.8 Å². The molecule has 0 saturated heterocycles. The van der Waals surface area contributed by atoms with Gasteiger partial charge in [0.2, 0.25) is 5.91 Å². The van der Waals surface area contributed by atoms with Crippen molar-refractivity contribution >= 4 is 39.3 Å². The first kappa shape index (κ1) is 18.7. The number of aromatic nitrogens is 3. The third-order valence-corrected chi connectivity index (χ3v) is 5.46. The van der Waals surface area contributed by atoms with Gasteiger partial charge in [-0.2, -0.15) is 0 Å². The van der Waals surface area contributed by atoms with Crippen LogP contribution >= 0.6 is 27.7 Å². The molecule has 0 unspecified atom stereocenters. The van der Waals surface area contributed by atoms with Gasteiger partial charge in [0, 0.05) is 4.47 Å². The number of hydrogen-bond acceptors (Lipinski definition) is 4. The first-order chi connectivity index (χ1) is 12.4. The van der Waals surface area contributed by atoms with Crippen LogP contribution in [0, 0.1) is 20.8 Å². The molecule has 0 aliphatic heterocycles. The predicted molar refractivity (Wildman–Crippen MR) is 109 cm³/mol. The number of nitrogens with one attached hydrogen (secondary N) is 1. The van der Waals surface area contributed by atoms with Crippen LogP contribution in [-0.2, 0) is 4.79 Å². The molecule has 0 bridgehead atoms. The number of amides is 1. The number of nitrogens with zero attached hydrogens (tertiary/aromatic N) is 3. The molecule has 3 aromatic rings. The molecule has 0 atom stereocenters. The molecule has 0 aliphatic carbocycles. The molecule has 0 radical (unpaired) electrons. The van der Waals surface area contributed by atoms with E-state index in [1.165, 1.54) is 17.3 Å². The fourth-order valence-electron chi connectivity index (χ4n) is 2.60. The van der Waals surface area contributed by atoms with Crippen LogP contribution in [0.25, 0.3) is 5.69 Å². The number of rotatable bonds is 5. The minimum atomic E-state index is -0.0882. The number of anilines is 1. The summed E-state index contributed by atoms with van der Waals surface area (Å²) in [6.07, 6.45) is 1.68. The Morgan fingerprint density at radius 1 is 1.15 bits per heavy atom. The summed E-state index contributed by atoms with van der Waals surface area (Å²) in [5.41, 5.74) is 5.25. The number of halogens is 1. The summed E-state index contributed by atoms with van der Waals surface area (Å²) in [7, 11) is 0. The highest BCUT2D eigenvalue weighted by Gasteiger charge is 2.12. The minimum Gasteiger partial charge on any atom is -0.324 e. The van der Waals surface area contributed by atoms with Gasteiger partial charge in [-0.05, 0) is 66.0 Å². The second-order valence-corrected chi connectivity index (χ2v) is 7.89. The van der Waals surface area contributed by atoms with Crippen molar-refractivity contribution in [2.45, 2.75) is 25.9 Å². The van der Waals surface area contributed by atoms with Crippen molar-refractivity contribution in [3.63, 3.8) is 0 Å². The summed E-state index contributed by atoms with van der Waals surface area (Å²) >= 11 is 4.83. The van der Waals surface area contributed by atoms with E-state index in [0.717, 1.165) is 27.0 Å². The van der Waals surface area contributed by atoms with Crippen LogP contribution in [0.1, 0.15) is 16.7 Å². The number of aryl methyl sites for hydroxylation is 3. The molecule has 0 aliphatic rings. The number of thioether (sulfide) groups is 1. The Kier molecular flexibility index (Phi) is 5.78. The van der Waals surface area contributed by atoms with Crippen LogP contribution in [0.2, 0.25) is 0 Å². The summed E-state index contributed by atoms with van der Waals surface area (Å²) in [5.74, 6) is 0.166. The van der Waals surface area contributed by atoms with E-state index in [0.29, 0.717) is 5.16 Å². The fraction of sp³-hybridized carbons (Fsp3) is 0.211.